The third-order valence-corrected chi connectivity index (χ3v) is 7.70. The van der Waals surface area contributed by atoms with Gasteiger partial charge in [0.05, 0.1) is 17.1 Å². The lowest BCUT2D eigenvalue weighted by Gasteiger charge is -2.33. The number of hydrogen-bond acceptors (Lipinski definition) is 5. The normalized spacial score (nSPS) is 16.1. The van der Waals surface area contributed by atoms with Gasteiger partial charge in [-0.25, -0.2) is 8.42 Å². The van der Waals surface area contributed by atoms with Crippen LogP contribution in [0.2, 0.25) is 0 Å². The lowest BCUT2D eigenvalue weighted by Crippen LogP contribution is -2.50. The molecule has 1 heterocycles. The van der Waals surface area contributed by atoms with Crippen molar-refractivity contribution in [1.29, 1.82) is 0 Å². The van der Waals surface area contributed by atoms with Crippen molar-refractivity contribution in [3.63, 3.8) is 0 Å². The first-order chi connectivity index (χ1) is 13.4. The van der Waals surface area contributed by atoms with Crippen LogP contribution < -0.4 is 5.32 Å². The molecular weight excluding hydrogens is 462 g/mol. The van der Waals surface area contributed by atoms with Crippen LogP contribution in [0, 0.1) is 0 Å². The molecule has 2 aromatic rings. The fourth-order valence-corrected chi connectivity index (χ4v) is 5.62. The predicted molar refractivity (Wildman–Crippen MR) is 116 cm³/mol. The summed E-state index contributed by atoms with van der Waals surface area (Å²) in [5.74, 6) is -0.0928. The van der Waals surface area contributed by atoms with Gasteiger partial charge in [0.1, 0.15) is 0 Å². The third kappa shape index (κ3) is 5.15. The van der Waals surface area contributed by atoms with Crippen molar-refractivity contribution < 1.29 is 13.2 Å². The van der Waals surface area contributed by atoms with E-state index in [2.05, 4.69) is 21.2 Å². The summed E-state index contributed by atoms with van der Waals surface area (Å²) in [5.41, 5.74) is 0.802. The van der Waals surface area contributed by atoms with E-state index in [0.29, 0.717) is 26.2 Å². The van der Waals surface area contributed by atoms with Crippen LogP contribution in [-0.4, -0.2) is 62.5 Å². The van der Waals surface area contributed by atoms with Crippen molar-refractivity contribution in [2.75, 3.05) is 44.3 Å². The SMILES string of the molecule is CSc1ccccc1NC(=O)CN1CCN(S(=O)(=O)c2cccc(Br)c2)CC1. The van der Waals surface area contributed by atoms with Gasteiger partial charge in [-0.15, -0.1) is 11.8 Å². The molecule has 28 heavy (non-hydrogen) atoms. The maximum absolute atomic E-state index is 12.8. The standard InChI is InChI=1S/C19H22BrN3O3S2/c1-27-18-8-3-2-7-17(18)21-19(24)14-22-9-11-23(12-10-22)28(25,26)16-6-4-5-15(20)13-16/h2-8,13H,9-12,14H2,1H3,(H,21,24). The molecule has 1 saturated heterocycles. The molecule has 3 rings (SSSR count). The fourth-order valence-electron chi connectivity index (χ4n) is 3.05. The van der Waals surface area contributed by atoms with Crippen LogP contribution in [0.25, 0.3) is 0 Å². The Labute approximate surface area is 178 Å². The first-order valence-corrected chi connectivity index (χ1v) is 12.3. The van der Waals surface area contributed by atoms with E-state index in [9.17, 15) is 13.2 Å². The molecule has 0 aromatic heterocycles. The number of anilines is 1. The molecular formula is C19H22BrN3O3S2. The van der Waals surface area contributed by atoms with Gasteiger partial charge < -0.3 is 5.32 Å². The second-order valence-electron chi connectivity index (χ2n) is 6.39. The quantitative estimate of drug-likeness (QED) is 0.639. The third-order valence-electron chi connectivity index (χ3n) is 4.51. The van der Waals surface area contributed by atoms with Crippen LogP contribution in [0.5, 0.6) is 0 Å². The molecule has 0 atom stereocenters. The van der Waals surface area contributed by atoms with Crippen LogP contribution in [0.15, 0.2) is 62.8 Å². The average Bonchev–Trinajstić information content (AvgIpc) is 2.69. The van der Waals surface area contributed by atoms with Gasteiger partial charge in [0, 0.05) is 35.5 Å². The highest BCUT2D eigenvalue weighted by Gasteiger charge is 2.29. The van der Waals surface area contributed by atoms with E-state index in [1.165, 1.54) is 4.31 Å². The van der Waals surface area contributed by atoms with Gasteiger partial charge >= 0.3 is 0 Å². The van der Waals surface area contributed by atoms with E-state index in [-0.39, 0.29) is 17.3 Å². The number of carbonyl (C=O) groups excluding carboxylic acids is 1. The Morgan fingerprint density at radius 3 is 2.50 bits per heavy atom. The molecule has 0 spiro atoms. The Bertz CT molecular complexity index is 945. The molecule has 0 saturated carbocycles. The van der Waals surface area contributed by atoms with Gasteiger partial charge in [0.15, 0.2) is 0 Å². The highest BCUT2D eigenvalue weighted by atomic mass is 79.9. The summed E-state index contributed by atoms with van der Waals surface area (Å²) in [4.78, 5) is 15.7. The zero-order chi connectivity index (χ0) is 20.1. The van der Waals surface area contributed by atoms with E-state index in [4.69, 9.17) is 0 Å². The van der Waals surface area contributed by atoms with Crippen molar-refractivity contribution in [2.45, 2.75) is 9.79 Å². The molecule has 1 aliphatic heterocycles. The predicted octanol–water partition coefficient (Wildman–Crippen LogP) is 3.12. The van der Waals surface area contributed by atoms with Gasteiger partial charge in [0.25, 0.3) is 0 Å². The summed E-state index contributed by atoms with van der Waals surface area (Å²) in [5, 5.41) is 2.94. The highest BCUT2D eigenvalue weighted by Crippen LogP contribution is 2.25. The van der Waals surface area contributed by atoms with Gasteiger partial charge in [-0.2, -0.15) is 4.31 Å². The van der Waals surface area contributed by atoms with Crippen LogP contribution in [0.1, 0.15) is 0 Å². The van der Waals surface area contributed by atoms with Gasteiger partial charge in [-0.3, -0.25) is 9.69 Å². The topological polar surface area (TPSA) is 69.7 Å². The summed E-state index contributed by atoms with van der Waals surface area (Å²) in [7, 11) is -3.52. The van der Waals surface area contributed by atoms with Crippen molar-refractivity contribution in [3.05, 3.63) is 53.0 Å². The van der Waals surface area contributed by atoms with E-state index >= 15 is 0 Å². The lowest BCUT2D eigenvalue weighted by molar-refractivity contribution is -0.117. The van der Waals surface area contributed by atoms with Gasteiger partial charge in [-0.05, 0) is 36.6 Å². The Kier molecular flexibility index (Phi) is 7.16. The molecule has 0 aliphatic carbocycles. The maximum atomic E-state index is 12.8. The summed E-state index contributed by atoms with van der Waals surface area (Å²) >= 11 is 4.90. The van der Waals surface area contributed by atoms with Crippen LogP contribution >= 0.6 is 27.7 Å². The lowest BCUT2D eigenvalue weighted by atomic mass is 10.3. The minimum absolute atomic E-state index is 0.0928. The number of halogens is 1. The van der Waals surface area contributed by atoms with Gasteiger partial charge in [-0.1, -0.05) is 34.1 Å². The number of nitrogens with zero attached hydrogens (tertiary/aromatic N) is 2. The summed E-state index contributed by atoms with van der Waals surface area (Å²) in [6.07, 6.45) is 1.97. The number of carbonyl (C=O) groups is 1. The number of nitrogens with one attached hydrogen (secondary N) is 1. The summed E-state index contributed by atoms with van der Waals surface area (Å²) in [6.45, 7) is 2.01. The first kappa shape index (κ1) is 21.3. The van der Waals surface area contributed by atoms with E-state index in [0.717, 1.165) is 15.1 Å². The highest BCUT2D eigenvalue weighted by molar-refractivity contribution is 9.10. The minimum Gasteiger partial charge on any atom is -0.324 e. The molecule has 0 unspecified atom stereocenters. The molecule has 9 heteroatoms. The van der Waals surface area contributed by atoms with Crippen LogP contribution in [0.4, 0.5) is 5.69 Å². The number of piperazine rings is 1. The second kappa shape index (κ2) is 9.41. The van der Waals surface area contributed by atoms with E-state index in [1.807, 2.05) is 35.4 Å². The Morgan fingerprint density at radius 2 is 1.82 bits per heavy atom. The molecule has 1 N–H and O–H groups in total. The number of sulfonamides is 1. The molecule has 6 nitrogen and oxygen atoms in total. The minimum atomic E-state index is -3.52. The van der Waals surface area contributed by atoms with Crippen molar-refractivity contribution in [1.82, 2.24) is 9.21 Å². The smallest absolute Gasteiger partial charge is 0.243 e. The number of benzene rings is 2. The second-order valence-corrected chi connectivity index (χ2v) is 10.1. The molecule has 150 valence electrons. The van der Waals surface area contributed by atoms with E-state index in [1.54, 1.807) is 36.0 Å². The zero-order valence-corrected chi connectivity index (χ0v) is 18.7. The molecule has 0 radical (unpaired) electrons. The summed E-state index contributed by atoms with van der Waals surface area (Å²) < 4.78 is 27.8. The van der Waals surface area contributed by atoms with Crippen LogP contribution in [-0.2, 0) is 14.8 Å². The van der Waals surface area contributed by atoms with Crippen molar-refractivity contribution >= 4 is 49.3 Å². The average molecular weight is 484 g/mol. The Morgan fingerprint density at radius 1 is 1.11 bits per heavy atom. The van der Waals surface area contributed by atoms with Gasteiger partial charge in [0.2, 0.25) is 15.9 Å². The molecule has 1 aliphatic rings. The zero-order valence-electron chi connectivity index (χ0n) is 15.5. The largest absolute Gasteiger partial charge is 0.324 e. The maximum Gasteiger partial charge on any atom is 0.243 e. The number of para-hydroxylation sites is 1. The first-order valence-electron chi connectivity index (χ1n) is 8.81. The molecule has 1 amide bonds. The fraction of sp³-hybridized carbons (Fsp3) is 0.316. The van der Waals surface area contributed by atoms with E-state index < -0.39 is 10.0 Å². The molecule has 1 fully saturated rings. The molecule has 0 bridgehead atoms. The number of hydrogen-bond donors (Lipinski definition) is 1. The van der Waals surface area contributed by atoms with Crippen molar-refractivity contribution in [3.8, 4) is 0 Å². The number of thioether (sulfide) groups is 1. The summed E-state index contributed by atoms with van der Waals surface area (Å²) in [6, 6.07) is 14.4. The number of rotatable bonds is 6. The Balaban J connectivity index is 1.56. The van der Waals surface area contributed by atoms with Crippen LogP contribution in [0.3, 0.4) is 0 Å². The monoisotopic (exact) mass is 483 g/mol. The Hall–Kier alpha value is -1.39. The number of amides is 1. The molecule has 2 aromatic carbocycles. The van der Waals surface area contributed by atoms with Crippen molar-refractivity contribution in [2.24, 2.45) is 0 Å².